The van der Waals surface area contributed by atoms with E-state index >= 15 is 0 Å². The predicted molar refractivity (Wildman–Crippen MR) is 282 cm³/mol. The van der Waals surface area contributed by atoms with Gasteiger partial charge in [-0.1, -0.05) is 114 Å². The van der Waals surface area contributed by atoms with Crippen molar-refractivity contribution in [2.75, 3.05) is 7.11 Å². The van der Waals surface area contributed by atoms with E-state index in [9.17, 15) is 10.2 Å². The smallest absolute Gasteiger partial charge is 0.141 e. The zero-order chi connectivity index (χ0) is 48.0. The summed E-state index contributed by atoms with van der Waals surface area (Å²) in [5.74, 6) is 4.51. The molecule has 0 radical (unpaired) electrons. The Kier molecular flexibility index (Phi) is 8.67. The first-order valence-corrected chi connectivity index (χ1v) is 23.8. The SMILES string of the molecule is CC1(C)c2cccnc2-n2c3cc(O)ccc3c3cccc1c32.CC1(C)c2cccnc2-n2c3ccccc3c3ccc(O)c1c32.COc1ccc2c3ccccc3n3c2c1C(C)(C)c1cccnc1-3. The molecule has 12 aromatic rings. The van der Waals surface area contributed by atoms with Crippen LogP contribution in [0.3, 0.4) is 0 Å². The molecule has 0 atom stereocenters. The Balaban J connectivity index is 0.000000103. The molecular formula is C61H50N6O3. The minimum absolute atomic E-state index is 0.102. The highest BCUT2D eigenvalue weighted by molar-refractivity contribution is 6.14. The maximum Gasteiger partial charge on any atom is 0.141 e. The number of pyridine rings is 3. The Morgan fingerprint density at radius 3 is 1.43 bits per heavy atom. The lowest BCUT2D eigenvalue weighted by Crippen LogP contribution is -2.27. The van der Waals surface area contributed by atoms with Crippen molar-refractivity contribution in [2.24, 2.45) is 0 Å². The summed E-state index contributed by atoms with van der Waals surface area (Å²) in [6.07, 6.45) is 5.55. The molecule has 70 heavy (non-hydrogen) atoms. The molecule has 9 heterocycles. The number of nitrogens with zero attached hydrogens (tertiary/aromatic N) is 6. The van der Waals surface area contributed by atoms with Crippen molar-refractivity contribution >= 4 is 65.4 Å². The standard InChI is InChI=1S/C21H18N2O.2C20H16N2O/c1-21(2)15-8-6-12-22-20(15)23-16-9-5-4-7-13(16)14-10-11-17(24-3)18(21)19(14)23;1-20(2)15-6-3-5-14-13-9-8-12(23)11-17(13)22(18(14)15)19-16(20)7-4-10-21-19;1-20(2)14-7-5-11-21-19(14)22-15-8-4-3-6-12(15)13-9-10-16(23)17(20)18(13)22/h4-12H,1-3H3;2*3-11,23H,1-2H3. The van der Waals surface area contributed by atoms with E-state index in [1.807, 2.05) is 67.1 Å². The lowest BCUT2D eigenvalue weighted by Gasteiger charge is -2.34. The van der Waals surface area contributed by atoms with Crippen LogP contribution in [0.1, 0.15) is 74.9 Å². The molecule has 6 aromatic carbocycles. The second-order valence-electron chi connectivity index (χ2n) is 20.3. The zero-order valence-corrected chi connectivity index (χ0v) is 40.1. The Bertz CT molecular complexity index is 4180. The Morgan fingerprint density at radius 1 is 0.400 bits per heavy atom. The van der Waals surface area contributed by atoms with Crippen LogP contribution in [0.4, 0.5) is 0 Å². The topological polar surface area (TPSA) is 103 Å². The molecule has 0 bridgehead atoms. The van der Waals surface area contributed by atoms with E-state index in [4.69, 9.17) is 9.72 Å². The van der Waals surface area contributed by atoms with Crippen molar-refractivity contribution in [1.29, 1.82) is 0 Å². The van der Waals surface area contributed by atoms with Gasteiger partial charge in [0.15, 0.2) is 0 Å². The molecule has 9 nitrogen and oxygen atoms in total. The third kappa shape index (κ3) is 5.45. The molecule has 2 N–H and O–H groups in total. The lowest BCUT2D eigenvalue weighted by atomic mass is 9.75. The highest BCUT2D eigenvalue weighted by Crippen LogP contribution is 2.52. The van der Waals surface area contributed by atoms with Crippen molar-refractivity contribution in [3.63, 3.8) is 0 Å². The van der Waals surface area contributed by atoms with E-state index in [-0.39, 0.29) is 22.0 Å². The number of para-hydroxylation sites is 3. The number of benzene rings is 6. The van der Waals surface area contributed by atoms with Crippen molar-refractivity contribution in [2.45, 2.75) is 57.8 Å². The van der Waals surface area contributed by atoms with Crippen molar-refractivity contribution in [1.82, 2.24) is 28.7 Å². The maximum absolute atomic E-state index is 10.6. The Morgan fingerprint density at radius 2 is 0.843 bits per heavy atom. The molecule has 3 aliphatic heterocycles. The minimum atomic E-state index is -0.294. The molecule has 0 spiro atoms. The van der Waals surface area contributed by atoms with Gasteiger partial charge in [-0.15, -0.1) is 0 Å². The largest absolute Gasteiger partial charge is 0.508 e. The van der Waals surface area contributed by atoms with Gasteiger partial charge in [0, 0.05) is 101 Å². The summed E-state index contributed by atoms with van der Waals surface area (Å²) >= 11 is 0. The van der Waals surface area contributed by atoms with Crippen molar-refractivity contribution in [3.8, 4) is 34.7 Å². The number of hydrogen-bond acceptors (Lipinski definition) is 6. The van der Waals surface area contributed by atoms with Gasteiger partial charge in [-0.25, -0.2) is 15.0 Å². The van der Waals surface area contributed by atoms with Gasteiger partial charge in [0.25, 0.3) is 0 Å². The molecular weight excluding hydrogens is 865 g/mol. The summed E-state index contributed by atoms with van der Waals surface area (Å²) in [7, 11) is 1.75. The first-order chi connectivity index (χ1) is 33.8. The van der Waals surface area contributed by atoms with Crippen LogP contribution in [0.5, 0.6) is 17.2 Å². The number of phenols is 2. The van der Waals surface area contributed by atoms with Crippen LogP contribution in [-0.2, 0) is 16.2 Å². The van der Waals surface area contributed by atoms with Gasteiger partial charge in [0.05, 0.1) is 40.2 Å². The predicted octanol–water partition coefficient (Wildman–Crippen LogP) is 13.9. The molecule has 3 aliphatic rings. The normalized spacial score (nSPS) is 15.0. The van der Waals surface area contributed by atoms with Gasteiger partial charge in [0.2, 0.25) is 0 Å². The highest BCUT2D eigenvalue weighted by Gasteiger charge is 2.40. The quantitative estimate of drug-likeness (QED) is 0.170. The molecule has 6 aromatic heterocycles. The summed E-state index contributed by atoms with van der Waals surface area (Å²) in [5.41, 5.74) is 13.3. The number of aromatic nitrogens is 6. The Labute approximate surface area is 404 Å². The van der Waals surface area contributed by atoms with Gasteiger partial charge < -0.3 is 14.9 Å². The Hall–Kier alpha value is -8.43. The third-order valence-corrected chi connectivity index (χ3v) is 15.5. The van der Waals surface area contributed by atoms with Crippen LogP contribution in [0.25, 0.3) is 82.9 Å². The molecule has 0 amide bonds. The first kappa shape index (κ1) is 41.7. The van der Waals surface area contributed by atoms with Crippen molar-refractivity contribution in [3.05, 3.63) is 198 Å². The first-order valence-electron chi connectivity index (χ1n) is 23.8. The van der Waals surface area contributed by atoms with E-state index in [0.29, 0.717) is 5.75 Å². The summed E-state index contributed by atoms with van der Waals surface area (Å²) < 4.78 is 12.4. The van der Waals surface area contributed by atoms with E-state index in [2.05, 4.69) is 156 Å². The summed E-state index contributed by atoms with van der Waals surface area (Å²) in [4.78, 5) is 14.1. The number of methoxy groups -OCH3 is 1. The average molecular weight is 915 g/mol. The van der Waals surface area contributed by atoms with Gasteiger partial charge in [-0.3, -0.25) is 13.7 Å². The third-order valence-electron chi connectivity index (χ3n) is 15.5. The number of fused-ring (bicyclic) bond motifs is 15. The lowest BCUT2D eigenvalue weighted by molar-refractivity contribution is 0.401. The summed E-state index contributed by atoms with van der Waals surface area (Å²) in [6.45, 7) is 13.3. The fourth-order valence-corrected chi connectivity index (χ4v) is 12.3. The van der Waals surface area contributed by atoms with Gasteiger partial charge in [-0.2, -0.15) is 0 Å². The number of ether oxygens (including phenoxy) is 1. The molecule has 15 rings (SSSR count). The number of rotatable bonds is 1. The number of phenolic OH excluding ortho intramolecular Hbond substituents is 2. The fraction of sp³-hybridized carbons (Fsp3) is 0.164. The summed E-state index contributed by atoms with van der Waals surface area (Å²) in [6, 6.07) is 49.5. The van der Waals surface area contributed by atoms with E-state index in [0.717, 1.165) is 61.7 Å². The van der Waals surface area contributed by atoms with Gasteiger partial charge in [0.1, 0.15) is 34.7 Å². The van der Waals surface area contributed by atoms with E-state index in [1.165, 1.54) is 60.3 Å². The molecule has 0 unspecified atom stereocenters. The van der Waals surface area contributed by atoms with E-state index in [1.54, 1.807) is 13.2 Å². The zero-order valence-electron chi connectivity index (χ0n) is 40.1. The molecule has 0 saturated carbocycles. The molecule has 0 saturated heterocycles. The fourth-order valence-electron chi connectivity index (χ4n) is 12.3. The number of aromatic hydroxyl groups is 2. The van der Waals surface area contributed by atoms with Gasteiger partial charge in [-0.05, 0) is 72.3 Å². The minimum Gasteiger partial charge on any atom is -0.508 e. The second-order valence-corrected chi connectivity index (χ2v) is 20.3. The van der Waals surface area contributed by atoms with E-state index < -0.39 is 0 Å². The monoisotopic (exact) mass is 914 g/mol. The maximum atomic E-state index is 10.6. The van der Waals surface area contributed by atoms with Crippen molar-refractivity contribution < 1.29 is 14.9 Å². The van der Waals surface area contributed by atoms with Crippen LogP contribution in [0.2, 0.25) is 0 Å². The molecule has 0 fully saturated rings. The average Bonchev–Trinajstić information content (AvgIpc) is 4.01. The molecule has 9 heteroatoms. The van der Waals surface area contributed by atoms with Crippen LogP contribution in [-0.4, -0.2) is 46.0 Å². The summed E-state index contributed by atoms with van der Waals surface area (Å²) in [5, 5.41) is 27.8. The van der Waals surface area contributed by atoms with Crippen LogP contribution >= 0.6 is 0 Å². The highest BCUT2D eigenvalue weighted by atomic mass is 16.5. The van der Waals surface area contributed by atoms with Crippen LogP contribution in [0.15, 0.2) is 164 Å². The van der Waals surface area contributed by atoms with Crippen LogP contribution in [0, 0.1) is 0 Å². The van der Waals surface area contributed by atoms with Gasteiger partial charge >= 0.3 is 0 Å². The van der Waals surface area contributed by atoms with Crippen LogP contribution < -0.4 is 4.74 Å². The molecule has 342 valence electrons. The molecule has 0 aliphatic carbocycles. The second kappa shape index (κ2) is 14.5. The number of hydrogen-bond donors (Lipinski definition) is 2.